The van der Waals surface area contributed by atoms with Crippen LogP contribution in [-0.2, 0) is 4.79 Å². The number of carbonyl (C=O) groups excluding carboxylic acids is 1. The smallest absolute Gasteiger partial charge is 0.269 e. The maximum atomic E-state index is 12.2. The topological polar surface area (TPSA) is 72.2 Å². The highest BCUT2D eigenvalue weighted by atomic mass is 35.5. The second-order valence-corrected chi connectivity index (χ2v) is 5.01. The summed E-state index contributed by atoms with van der Waals surface area (Å²) in [5.41, 5.74) is 1.32. The van der Waals surface area contributed by atoms with E-state index in [-0.39, 0.29) is 11.6 Å². The van der Waals surface area contributed by atoms with Crippen molar-refractivity contribution in [1.29, 1.82) is 0 Å². The molecule has 6 heteroatoms. The van der Waals surface area contributed by atoms with Crippen LogP contribution in [0.4, 0.5) is 11.4 Å². The second-order valence-electron chi connectivity index (χ2n) is 4.57. The van der Waals surface area contributed by atoms with Crippen molar-refractivity contribution in [2.75, 3.05) is 5.32 Å². The molecule has 0 saturated heterocycles. The standard InChI is InChI=1S/C15H13ClN2O3/c1-10(11-5-7-14(8-6-11)18(20)21)15(19)17-13-4-2-3-12(16)9-13/h2-10H,1H3,(H,17,19)/t10-/m1/s1. The van der Waals surface area contributed by atoms with E-state index in [2.05, 4.69) is 5.32 Å². The summed E-state index contributed by atoms with van der Waals surface area (Å²) >= 11 is 5.86. The highest BCUT2D eigenvalue weighted by Gasteiger charge is 2.16. The quantitative estimate of drug-likeness (QED) is 0.685. The molecule has 0 unspecified atom stereocenters. The molecule has 1 amide bonds. The van der Waals surface area contributed by atoms with Gasteiger partial charge in [-0.05, 0) is 30.7 Å². The molecule has 0 aliphatic rings. The molecular weight excluding hydrogens is 292 g/mol. The van der Waals surface area contributed by atoms with Crippen molar-refractivity contribution < 1.29 is 9.72 Å². The normalized spacial score (nSPS) is 11.7. The van der Waals surface area contributed by atoms with E-state index < -0.39 is 10.8 Å². The third-order valence-corrected chi connectivity index (χ3v) is 3.32. The fourth-order valence-electron chi connectivity index (χ4n) is 1.85. The average molecular weight is 305 g/mol. The number of rotatable bonds is 4. The summed E-state index contributed by atoms with van der Waals surface area (Å²) in [7, 11) is 0. The molecule has 0 radical (unpaired) electrons. The van der Waals surface area contributed by atoms with E-state index in [1.54, 1.807) is 43.3 Å². The van der Waals surface area contributed by atoms with Crippen LogP contribution >= 0.6 is 11.6 Å². The van der Waals surface area contributed by atoms with Gasteiger partial charge in [0.25, 0.3) is 5.69 Å². The fraction of sp³-hybridized carbons (Fsp3) is 0.133. The molecule has 0 fully saturated rings. The fourth-order valence-corrected chi connectivity index (χ4v) is 2.04. The van der Waals surface area contributed by atoms with E-state index in [4.69, 9.17) is 11.6 Å². The molecule has 1 atom stereocenters. The van der Waals surface area contributed by atoms with E-state index in [0.29, 0.717) is 16.3 Å². The summed E-state index contributed by atoms with van der Waals surface area (Å²) in [6.45, 7) is 1.74. The molecule has 108 valence electrons. The van der Waals surface area contributed by atoms with Gasteiger partial charge >= 0.3 is 0 Å². The Morgan fingerprint density at radius 3 is 2.48 bits per heavy atom. The van der Waals surface area contributed by atoms with Crippen LogP contribution in [0.15, 0.2) is 48.5 Å². The number of carbonyl (C=O) groups is 1. The predicted molar refractivity (Wildman–Crippen MR) is 81.6 cm³/mol. The van der Waals surface area contributed by atoms with Crippen LogP contribution in [0.2, 0.25) is 5.02 Å². The van der Waals surface area contributed by atoms with Crippen molar-refractivity contribution in [1.82, 2.24) is 0 Å². The Balaban J connectivity index is 2.10. The average Bonchev–Trinajstić information content (AvgIpc) is 2.46. The van der Waals surface area contributed by atoms with Crippen molar-refractivity contribution in [3.05, 3.63) is 69.2 Å². The second kappa shape index (κ2) is 6.37. The van der Waals surface area contributed by atoms with Gasteiger partial charge < -0.3 is 5.32 Å². The van der Waals surface area contributed by atoms with Crippen molar-refractivity contribution in [3.8, 4) is 0 Å². The Bertz CT molecular complexity index is 671. The van der Waals surface area contributed by atoms with E-state index in [1.165, 1.54) is 12.1 Å². The molecule has 0 spiro atoms. The number of anilines is 1. The van der Waals surface area contributed by atoms with E-state index >= 15 is 0 Å². The third-order valence-electron chi connectivity index (χ3n) is 3.09. The molecule has 5 nitrogen and oxygen atoms in total. The van der Waals surface area contributed by atoms with Gasteiger partial charge in [-0.3, -0.25) is 14.9 Å². The number of nitrogens with one attached hydrogen (secondary N) is 1. The van der Waals surface area contributed by atoms with Gasteiger partial charge in [-0.25, -0.2) is 0 Å². The zero-order valence-electron chi connectivity index (χ0n) is 11.2. The molecule has 1 N–H and O–H groups in total. The Kier molecular flexibility index (Phi) is 4.55. The molecule has 21 heavy (non-hydrogen) atoms. The number of hydrogen-bond donors (Lipinski definition) is 1. The van der Waals surface area contributed by atoms with Crippen LogP contribution in [-0.4, -0.2) is 10.8 Å². The maximum Gasteiger partial charge on any atom is 0.269 e. The SMILES string of the molecule is C[C@@H](C(=O)Nc1cccc(Cl)c1)c1ccc([N+](=O)[O-])cc1. The van der Waals surface area contributed by atoms with Gasteiger partial charge in [0, 0.05) is 22.8 Å². The van der Waals surface area contributed by atoms with Gasteiger partial charge in [0.1, 0.15) is 0 Å². The van der Waals surface area contributed by atoms with Crippen LogP contribution < -0.4 is 5.32 Å². The van der Waals surface area contributed by atoms with Gasteiger partial charge in [-0.2, -0.15) is 0 Å². The lowest BCUT2D eigenvalue weighted by Crippen LogP contribution is -2.18. The van der Waals surface area contributed by atoms with Gasteiger partial charge in [0.2, 0.25) is 5.91 Å². The van der Waals surface area contributed by atoms with Gasteiger partial charge in [0.05, 0.1) is 10.8 Å². The summed E-state index contributed by atoms with van der Waals surface area (Å²) in [5.74, 6) is -0.629. The van der Waals surface area contributed by atoms with Gasteiger partial charge in [0.15, 0.2) is 0 Å². The Labute approximate surface area is 126 Å². The van der Waals surface area contributed by atoms with Crippen molar-refractivity contribution >= 4 is 28.9 Å². The van der Waals surface area contributed by atoms with E-state index in [1.807, 2.05) is 0 Å². The lowest BCUT2D eigenvalue weighted by atomic mass is 10.00. The number of benzene rings is 2. The first-order chi connectivity index (χ1) is 9.97. The minimum absolute atomic E-state index is 0.00111. The van der Waals surface area contributed by atoms with Crippen molar-refractivity contribution in [3.63, 3.8) is 0 Å². The molecule has 0 aliphatic carbocycles. The first kappa shape index (κ1) is 15.0. The molecular formula is C15H13ClN2O3. The molecule has 2 aromatic rings. The highest BCUT2D eigenvalue weighted by Crippen LogP contribution is 2.22. The number of nitro benzene ring substituents is 1. The maximum absolute atomic E-state index is 12.2. The zero-order chi connectivity index (χ0) is 15.4. The summed E-state index contributed by atoms with van der Waals surface area (Å²) in [6.07, 6.45) is 0. The summed E-state index contributed by atoms with van der Waals surface area (Å²) in [4.78, 5) is 22.3. The number of nitrogens with zero attached hydrogens (tertiary/aromatic N) is 1. The molecule has 0 saturated carbocycles. The largest absolute Gasteiger partial charge is 0.326 e. The van der Waals surface area contributed by atoms with E-state index in [0.717, 1.165) is 0 Å². The predicted octanol–water partition coefficient (Wildman–Crippen LogP) is 3.99. The van der Waals surface area contributed by atoms with Gasteiger partial charge in [-0.1, -0.05) is 29.8 Å². The third kappa shape index (κ3) is 3.79. The monoisotopic (exact) mass is 304 g/mol. The summed E-state index contributed by atoms with van der Waals surface area (Å²) < 4.78 is 0. The Morgan fingerprint density at radius 1 is 1.24 bits per heavy atom. The number of non-ortho nitro benzene ring substituents is 1. The van der Waals surface area contributed by atoms with Crippen LogP contribution in [0.1, 0.15) is 18.4 Å². The number of hydrogen-bond acceptors (Lipinski definition) is 3. The summed E-state index contributed by atoms with van der Waals surface area (Å²) in [6, 6.07) is 12.8. The zero-order valence-corrected chi connectivity index (χ0v) is 12.0. The van der Waals surface area contributed by atoms with Crippen molar-refractivity contribution in [2.45, 2.75) is 12.8 Å². The lowest BCUT2D eigenvalue weighted by molar-refractivity contribution is -0.384. The molecule has 2 rings (SSSR count). The Hall–Kier alpha value is -2.40. The van der Waals surface area contributed by atoms with E-state index in [9.17, 15) is 14.9 Å². The molecule has 0 aliphatic heterocycles. The first-order valence-corrected chi connectivity index (χ1v) is 6.66. The van der Waals surface area contributed by atoms with Crippen molar-refractivity contribution in [2.24, 2.45) is 0 Å². The Morgan fingerprint density at radius 2 is 1.90 bits per heavy atom. The molecule has 0 aromatic heterocycles. The molecule has 2 aromatic carbocycles. The van der Waals surface area contributed by atoms with Gasteiger partial charge in [-0.15, -0.1) is 0 Å². The number of halogens is 1. The lowest BCUT2D eigenvalue weighted by Gasteiger charge is -2.12. The minimum Gasteiger partial charge on any atom is -0.326 e. The summed E-state index contributed by atoms with van der Waals surface area (Å²) in [5, 5.41) is 13.9. The molecule has 0 heterocycles. The number of nitro groups is 1. The molecule has 0 bridgehead atoms. The number of amides is 1. The minimum atomic E-state index is -0.472. The van der Waals surface area contributed by atoms with Crippen LogP contribution in [0.5, 0.6) is 0 Å². The van der Waals surface area contributed by atoms with Crippen LogP contribution in [0, 0.1) is 10.1 Å². The van der Waals surface area contributed by atoms with Crippen LogP contribution in [0.3, 0.4) is 0 Å². The highest BCUT2D eigenvalue weighted by molar-refractivity contribution is 6.30. The first-order valence-electron chi connectivity index (χ1n) is 6.28. The van der Waals surface area contributed by atoms with Crippen LogP contribution in [0.25, 0.3) is 0 Å².